The summed E-state index contributed by atoms with van der Waals surface area (Å²) >= 11 is 3.34. The fourth-order valence-electron chi connectivity index (χ4n) is 2.45. The molecule has 0 saturated carbocycles. The summed E-state index contributed by atoms with van der Waals surface area (Å²) in [6.07, 6.45) is -0.0973. The highest BCUT2D eigenvalue weighted by atomic mass is 79.9. The Morgan fingerprint density at radius 2 is 1.71 bits per heavy atom. The van der Waals surface area contributed by atoms with Crippen LogP contribution in [0.25, 0.3) is 0 Å². The lowest BCUT2D eigenvalue weighted by molar-refractivity contribution is -0.141. The molecule has 0 saturated heterocycles. The van der Waals surface area contributed by atoms with Gasteiger partial charge in [0.05, 0.1) is 24.5 Å². The van der Waals surface area contributed by atoms with Gasteiger partial charge in [0, 0.05) is 17.4 Å². The van der Waals surface area contributed by atoms with Crippen molar-refractivity contribution < 1.29 is 22.7 Å². The minimum atomic E-state index is -3.67. The molecule has 1 unspecified atom stereocenters. The molecule has 1 atom stereocenters. The number of ether oxygens (including phenoxy) is 1. The van der Waals surface area contributed by atoms with Crippen molar-refractivity contribution in [2.24, 2.45) is 0 Å². The molecule has 2 N–H and O–H groups in total. The minimum absolute atomic E-state index is 0.0282. The number of nitrogens with one attached hydrogen (secondary N) is 2. The molecule has 0 bridgehead atoms. The van der Waals surface area contributed by atoms with E-state index in [2.05, 4.69) is 26.0 Å². The van der Waals surface area contributed by atoms with Crippen molar-refractivity contribution in [1.82, 2.24) is 10.0 Å². The van der Waals surface area contributed by atoms with Crippen LogP contribution < -0.4 is 10.0 Å². The number of carbonyl (C=O) groups excluding carboxylic acids is 2. The average molecular weight is 469 g/mol. The van der Waals surface area contributed by atoms with E-state index < -0.39 is 22.0 Å². The van der Waals surface area contributed by atoms with Gasteiger partial charge in [0.2, 0.25) is 15.9 Å². The second-order valence-corrected chi connectivity index (χ2v) is 8.60. The normalized spacial score (nSPS) is 12.2. The Balaban J connectivity index is 1.95. The molecule has 2 aromatic rings. The van der Waals surface area contributed by atoms with Gasteiger partial charge >= 0.3 is 5.97 Å². The summed E-state index contributed by atoms with van der Waals surface area (Å²) in [5.74, 6) is -0.842. The Bertz CT molecular complexity index is 902. The van der Waals surface area contributed by atoms with Gasteiger partial charge in [0.15, 0.2) is 0 Å². The van der Waals surface area contributed by atoms with E-state index >= 15 is 0 Å². The number of carbonyl (C=O) groups is 2. The number of esters is 1. The van der Waals surface area contributed by atoms with Crippen LogP contribution in [-0.4, -0.2) is 33.9 Å². The van der Waals surface area contributed by atoms with Crippen LogP contribution in [0.5, 0.6) is 0 Å². The summed E-state index contributed by atoms with van der Waals surface area (Å²) in [7, 11) is -2.39. The summed E-state index contributed by atoms with van der Waals surface area (Å²) in [5.41, 5.74) is 0.742. The molecule has 0 spiro atoms. The molecule has 0 aliphatic rings. The molecule has 2 aromatic carbocycles. The van der Waals surface area contributed by atoms with Crippen LogP contribution in [0.4, 0.5) is 0 Å². The van der Waals surface area contributed by atoms with Crippen LogP contribution in [0.15, 0.2) is 64.0 Å². The second kappa shape index (κ2) is 10.4. The van der Waals surface area contributed by atoms with Gasteiger partial charge in [-0.15, -0.1) is 0 Å². The van der Waals surface area contributed by atoms with Gasteiger partial charge in [-0.05, 0) is 29.8 Å². The maximum atomic E-state index is 12.3. The Kier molecular flexibility index (Phi) is 8.16. The zero-order valence-electron chi connectivity index (χ0n) is 15.2. The lowest BCUT2D eigenvalue weighted by Crippen LogP contribution is -2.34. The number of hydrogen-bond acceptors (Lipinski definition) is 5. The fraction of sp³-hybridized carbons (Fsp3) is 0.263. The van der Waals surface area contributed by atoms with Crippen molar-refractivity contribution in [3.63, 3.8) is 0 Å². The van der Waals surface area contributed by atoms with Crippen molar-refractivity contribution >= 4 is 37.8 Å². The molecule has 9 heteroatoms. The molecule has 2 rings (SSSR count). The van der Waals surface area contributed by atoms with E-state index in [0.717, 1.165) is 10.0 Å². The van der Waals surface area contributed by atoms with Crippen molar-refractivity contribution in [3.05, 3.63) is 64.6 Å². The van der Waals surface area contributed by atoms with Gasteiger partial charge < -0.3 is 10.1 Å². The third kappa shape index (κ3) is 6.74. The minimum Gasteiger partial charge on any atom is -0.469 e. The largest absolute Gasteiger partial charge is 0.469 e. The molecular formula is C19H21BrN2O5S. The molecule has 1 amide bonds. The predicted octanol–water partition coefficient (Wildman–Crippen LogP) is 2.54. The molecule has 28 heavy (non-hydrogen) atoms. The number of benzene rings is 2. The predicted molar refractivity (Wildman–Crippen MR) is 108 cm³/mol. The monoisotopic (exact) mass is 468 g/mol. The first-order chi connectivity index (χ1) is 13.3. The lowest BCUT2D eigenvalue weighted by atomic mass is 10.0. The number of halogens is 1. The van der Waals surface area contributed by atoms with E-state index in [1.54, 1.807) is 42.5 Å². The highest BCUT2D eigenvalue weighted by Crippen LogP contribution is 2.20. The summed E-state index contributed by atoms with van der Waals surface area (Å²) in [6, 6.07) is 14.5. The number of rotatable bonds is 9. The number of hydrogen-bond donors (Lipinski definition) is 2. The van der Waals surface area contributed by atoms with Gasteiger partial charge in [-0.2, -0.15) is 0 Å². The SMILES string of the molecule is COC(=O)CC(NC(=O)CCNS(=O)(=O)c1ccccc1)c1ccc(Br)cc1. The van der Waals surface area contributed by atoms with E-state index in [0.29, 0.717) is 0 Å². The topological polar surface area (TPSA) is 102 Å². The molecule has 0 aliphatic carbocycles. The third-order valence-corrected chi connectivity index (χ3v) is 5.91. The van der Waals surface area contributed by atoms with Gasteiger partial charge in [-0.25, -0.2) is 13.1 Å². The van der Waals surface area contributed by atoms with E-state index in [9.17, 15) is 18.0 Å². The van der Waals surface area contributed by atoms with Crippen molar-refractivity contribution in [1.29, 1.82) is 0 Å². The number of methoxy groups -OCH3 is 1. The van der Waals surface area contributed by atoms with Crippen LogP contribution in [0.2, 0.25) is 0 Å². The smallest absolute Gasteiger partial charge is 0.307 e. The fourth-order valence-corrected chi connectivity index (χ4v) is 3.76. The van der Waals surface area contributed by atoms with E-state index in [-0.39, 0.29) is 30.2 Å². The maximum absolute atomic E-state index is 12.3. The first-order valence-corrected chi connectivity index (χ1v) is 10.8. The Hall–Kier alpha value is -2.23. The zero-order chi connectivity index (χ0) is 20.6. The molecular weight excluding hydrogens is 448 g/mol. The standard InChI is InChI=1S/C19H21BrN2O5S/c1-27-19(24)13-17(14-7-9-15(20)10-8-14)22-18(23)11-12-21-28(25,26)16-5-3-2-4-6-16/h2-10,17,21H,11-13H2,1H3,(H,22,23). The molecule has 0 aromatic heterocycles. The van der Waals surface area contributed by atoms with Crippen LogP contribution >= 0.6 is 15.9 Å². The Labute approximate surface area is 172 Å². The van der Waals surface area contributed by atoms with Gasteiger partial charge in [-0.3, -0.25) is 9.59 Å². The van der Waals surface area contributed by atoms with Crippen LogP contribution in [0.3, 0.4) is 0 Å². The Morgan fingerprint density at radius 1 is 1.07 bits per heavy atom. The summed E-state index contributed by atoms with van der Waals surface area (Å²) in [4.78, 5) is 24.1. The summed E-state index contributed by atoms with van der Waals surface area (Å²) in [5, 5.41) is 2.75. The maximum Gasteiger partial charge on any atom is 0.307 e. The van der Waals surface area contributed by atoms with Crippen molar-refractivity contribution in [2.45, 2.75) is 23.8 Å². The molecule has 0 heterocycles. The van der Waals surface area contributed by atoms with Crippen molar-refractivity contribution in [3.8, 4) is 0 Å². The highest BCUT2D eigenvalue weighted by molar-refractivity contribution is 9.10. The van der Waals surface area contributed by atoms with E-state index in [1.807, 2.05) is 0 Å². The lowest BCUT2D eigenvalue weighted by Gasteiger charge is -2.18. The van der Waals surface area contributed by atoms with Gasteiger partial charge in [0.1, 0.15) is 0 Å². The average Bonchev–Trinajstić information content (AvgIpc) is 2.68. The number of sulfonamides is 1. The molecule has 7 nitrogen and oxygen atoms in total. The first kappa shape index (κ1) is 22.1. The van der Waals surface area contributed by atoms with Gasteiger partial charge in [-0.1, -0.05) is 46.3 Å². The van der Waals surface area contributed by atoms with Gasteiger partial charge in [0.25, 0.3) is 0 Å². The summed E-state index contributed by atoms with van der Waals surface area (Å²) < 4.78 is 32.3. The first-order valence-electron chi connectivity index (χ1n) is 8.48. The number of amides is 1. The van der Waals surface area contributed by atoms with Crippen LogP contribution in [-0.2, 0) is 24.3 Å². The highest BCUT2D eigenvalue weighted by Gasteiger charge is 2.20. The quantitative estimate of drug-likeness (QED) is 0.550. The van der Waals surface area contributed by atoms with E-state index in [4.69, 9.17) is 4.74 Å². The molecule has 150 valence electrons. The van der Waals surface area contributed by atoms with Crippen LogP contribution in [0.1, 0.15) is 24.4 Å². The van der Waals surface area contributed by atoms with E-state index in [1.165, 1.54) is 19.2 Å². The van der Waals surface area contributed by atoms with Crippen molar-refractivity contribution in [2.75, 3.05) is 13.7 Å². The molecule has 0 radical (unpaired) electrons. The Morgan fingerprint density at radius 3 is 2.32 bits per heavy atom. The second-order valence-electron chi connectivity index (χ2n) is 5.91. The summed E-state index contributed by atoms with van der Waals surface area (Å²) in [6.45, 7) is -0.0612. The molecule has 0 aliphatic heterocycles. The molecule has 0 fully saturated rings. The zero-order valence-corrected chi connectivity index (χ0v) is 17.6. The third-order valence-electron chi connectivity index (χ3n) is 3.90. The van der Waals surface area contributed by atoms with Crippen LogP contribution in [0, 0.1) is 0 Å².